The number of nitrogens with zero attached hydrogens (tertiary/aromatic N) is 3. The Labute approximate surface area is 151 Å². The van der Waals surface area contributed by atoms with Gasteiger partial charge in [0.15, 0.2) is 5.82 Å². The second kappa shape index (κ2) is 8.01. The van der Waals surface area contributed by atoms with Gasteiger partial charge in [-0.2, -0.15) is 4.98 Å². The van der Waals surface area contributed by atoms with E-state index >= 15 is 0 Å². The summed E-state index contributed by atoms with van der Waals surface area (Å²) in [6.07, 6.45) is 3.03. The molecule has 0 atom stereocenters. The van der Waals surface area contributed by atoms with Gasteiger partial charge in [-0.3, -0.25) is 0 Å². The fraction of sp³-hybridized carbons (Fsp3) is 0.556. The molecule has 1 aliphatic rings. The molecule has 0 N–H and O–H groups in total. The first kappa shape index (κ1) is 17.3. The maximum absolute atomic E-state index is 5.90. The number of rotatable bonds is 6. The molecule has 1 saturated heterocycles. The Kier molecular flexibility index (Phi) is 5.76. The van der Waals surface area contributed by atoms with E-state index in [4.69, 9.17) is 9.26 Å². The first-order valence-electron chi connectivity index (χ1n) is 8.56. The third-order valence-electron chi connectivity index (χ3n) is 4.23. The molecule has 1 aromatic carbocycles. The molecule has 0 aliphatic carbocycles. The number of aromatic nitrogens is 2. The summed E-state index contributed by atoms with van der Waals surface area (Å²) in [4.78, 5) is 6.70. The van der Waals surface area contributed by atoms with E-state index in [0.717, 1.165) is 55.0 Å². The van der Waals surface area contributed by atoms with Crippen molar-refractivity contribution in [2.24, 2.45) is 11.8 Å². The predicted octanol–water partition coefficient (Wildman–Crippen LogP) is 4.33. The van der Waals surface area contributed by atoms with E-state index in [1.807, 2.05) is 24.3 Å². The molecule has 0 amide bonds. The molecule has 0 spiro atoms. The Morgan fingerprint density at radius 2 is 1.96 bits per heavy atom. The van der Waals surface area contributed by atoms with Crippen molar-refractivity contribution in [1.82, 2.24) is 10.1 Å². The Morgan fingerprint density at radius 3 is 2.62 bits per heavy atom. The number of piperidine rings is 1. The van der Waals surface area contributed by atoms with Crippen LogP contribution >= 0.6 is 15.9 Å². The number of benzene rings is 1. The van der Waals surface area contributed by atoms with E-state index in [9.17, 15) is 0 Å². The van der Waals surface area contributed by atoms with Crippen LogP contribution in [0.15, 0.2) is 33.3 Å². The van der Waals surface area contributed by atoms with Gasteiger partial charge in [0.1, 0.15) is 5.75 Å². The smallest absolute Gasteiger partial charge is 0.324 e. The molecular weight excluding hydrogens is 370 g/mol. The lowest BCUT2D eigenvalue weighted by molar-refractivity contribution is 0.220. The quantitative estimate of drug-likeness (QED) is 0.730. The minimum atomic E-state index is 0.539. The number of ether oxygens (including phenoxy) is 1. The third kappa shape index (κ3) is 4.72. The lowest BCUT2D eigenvalue weighted by Gasteiger charge is -2.30. The molecule has 0 saturated carbocycles. The normalized spacial score (nSPS) is 15.9. The predicted molar refractivity (Wildman–Crippen MR) is 97.4 cm³/mol. The highest BCUT2D eigenvalue weighted by Crippen LogP contribution is 2.24. The highest BCUT2D eigenvalue weighted by molar-refractivity contribution is 9.10. The van der Waals surface area contributed by atoms with Crippen LogP contribution in [0.4, 0.5) is 6.01 Å². The molecule has 130 valence electrons. The van der Waals surface area contributed by atoms with Crippen LogP contribution in [0, 0.1) is 11.8 Å². The van der Waals surface area contributed by atoms with Crippen molar-refractivity contribution < 1.29 is 9.26 Å². The van der Waals surface area contributed by atoms with Gasteiger partial charge in [0.2, 0.25) is 0 Å². The molecule has 2 aromatic rings. The van der Waals surface area contributed by atoms with Crippen LogP contribution in [0.2, 0.25) is 0 Å². The summed E-state index contributed by atoms with van der Waals surface area (Å²) < 4.78 is 12.4. The van der Waals surface area contributed by atoms with Crippen LogP contribution in [0.3, 0.4) is 0 Å². The topological polar surface area (TPSA) is 51.4 Å². The first-order chi connectivity index (χ1) is 11.6. The maximum atomic E-state index is 5.90. The van der Waals surface area contributed by atoms with Gasteiger partial charge < -0.3 is 14.2 Å². The highest BCUT2D eigenvalue weighted by atomic mass is 79.9. The van der Waals surface area contributed by atoms with Gasteiger partial charge in [0.25, 0.3) is 0 Å². The second-order valence-corrected chi connectivity index (χ2v) is 7.70. The molecule has 5 nitrogen and oxygen atoms in total. The van der Waals surface area contributed by atoms with Crippen LogP contribution in [-0.2, 0) is 6.42 Å². The molecule has 1 fully saturated rings. The zero-order valence-electron chi connectivity index (χ0n) is 14.2. The molecular formula is C18H24BrN3O2. The van der Waals surface area contributed by atoms with Crippen molar-refractivity contribution >= 4 is 21.9 Å². The fourth-order valence-corrected chi connectivity index (χ4v) is 3.12. The molecule has 24 heavy (non-hydrogen) atoms. The lowest BCUT2D eigenvalue weighted by atomic mass is 9.98. The van der Waals surface area contributed by atoms with E-state index in [1.165, 1.54) is 0 Å². The maximum Gasteiger partial charge on any atom is 0.324 e. The SMILES string of the molecule is CC(C)Cc1noc(N2CCC(COc3ccc(Br)cc3)CC2)n1. The largest absolute Gasteiger partial charge is 0.493 e. The summed E-state index contributed by atoms with van der Waals surface area (Å²) in [6, 6.07) is 8.66. The van der Waals surface area contributed by atoms with Gasteiger partial charge >= 0.3 is 6.01 Å². The Balaban J connectivity index is 1.45. The van der Waals surface area contributed by atoms with Crippen LogP contribution in [0.1, 0.15) is 32.5 Å². The molecule has 0 radical (unpaired) electrons. The summed E-state index contributed by atoms with van der Waals surface area (Å²) in [7, 11) is 0. The van der Waals surface area contributed by atoms with Gasteiger partial charge in [0.05, 0.1) is 6.61 Å². The van der Waals surface area contributed by atoms with Crippen LogP contribution in [0.25, 0.3) is 0 Å². The van der Waals surface area contributed by atoms with Crippen molar-refractivity contribution in [3.8, 4) is 5.75 Å². The van der Waals surface area contributed by atoms with Gasteiger partial charge in [0, 0.05) is 24.0 Å². The van der Waals surface area contributed by atoms with E-state index in [-0.39, 0.29) is 0 Å². The van der Waals surface area contributed by atoms with Gasteiger partial charge in [-0.1, -0.05) is 34.9 Å². The van der Waals surface area contributed by atoms with Crippen molar-refractivity contribution in [1.29, 1.82) is 0 Å². The minimum absolute atomic E-state index is 0.539. The summed E-state index contributed by atoms with van der Waals surface area (Å²) in [5, 5.41) is 4.08. The van der Waals surface area contributed by atoms with Crippen molar-refractivity contribution in [3.05, 3.63) is 34.6 Å². The summed E-state index contributed by atoms with van der Waals surface area (Å²) in [5.41, 5.74) is 0. The molecule has 1 aromatic heterocycles. The molecule has 6 heteroatoms. The van der Waals surface area contributed by atoms with Crippen LogP contribution in [-0.4, -0.2) is 29.8 Å². The third-order valence-corrected chi connectivity index (χ3v) is 4.76. The van der Waals surface area contributed by atoms with Crippen molar-refractivity contribution in [3.63, 3.8) is 0 Å². The number of hydrogen-bond donors (Lipinski definition) is 0. The van der Waals surface area contributed by atoms with Crippen molar-refractivity contribution in [2.75, 3.05) is 24.6 Å². The van der Waals surface area contributed by atoms with Crippen LogP contribution < -0.4 is 9.64 Å². The summed E-state index contributed by atoms with van der Waals surface area (Å²) in [5.74, 6) is 2.84. The average Bonchev–Trinajstić information content (AvgIpc) is 3.02. The van der Waals surface area contributed by atoms with Gasteiger partial charge in [-0.15, -0.1) is 0 Å². The van der Waals surface area contributed by atoms with Crippen molar-refractivity contribution in [2.45, 2.75) is 33.1 Å². The fourth-order valence-electron chi connectivity index (χ4n) is 2.86. The second-order valence-electron chi connectivity index (χ2n) is 6.79. The minimum Gasteiger partial charge on any atom is -0.493 e. The Hall–Kier alpha value is -1.56. The molecule has 0 bridgehead atoms. The Bertz CT molecular complexity index is 634. The standard InChI is InChI=1S/C18H24BrN3O2/c1-13(2)11-17-20-18(24-21-17)22-9-7-14(8-10-22)12-23-16-5-3-15(19)4-6-16/h3-6,13-14H,7-12H2,1-2H3. The average molecular weight is 394 g/mol. The number of anilines is 1. The van der Waals surface area contributed by atoms with E-state index in [2.05, 4.69) is 44.8 Å². The van der Waals surface area contributed by atoms with E-state index in [1.54, 1.807) is 0 Å². The number of halogens is 1. The zero-order valence-corrected chi connectivity index (χ0v) is 15.8. The zero-order chi connectivity index (χ0) is 16.9. The summed E-state index contributed by atoms with van der Waals surface area (Å²) in [6.45, 7) is 6.97. The molecule has 1 aliphatic heterocycles. The van der Waals surface area contributed by atoms with Gasteiger partial charge in [-0.05, 0) is 48.9 Å². The van der Waals surface area contributed by atoms with Crippen LogP contribution in [0.5, 0.6) is 5.75 Å². The van der Waals surface area contributed by atoms with E-state index < -0.39 is 0 Å². The molecule has 2 heterocycles. The summed E-state index contributed by atoms with van der Waals surface area (Å²) >= 11 is 3.44. The number of hydrogen-bond acceptors (Lipinski definition) is 5. The molecule has 0 unspecified atom stereocenters. The first-order valence-corrected chi connectivity index (χ1v) is 9.35. The lowest BCUT2D eigenvalue weighted by Crippen LogP contribution is -2.35. The monoisotopic (exact) mass is 393 g/mol. The highest BCUT2D eigenvalue weighted by Gasteiger charge is 2.23. The van der Waals surface area contributed by atoms with E-state index in [0.29, 0.717) is 17.9 Å². The van der Waals surface area contributed by atoms with Gasteiger partial charge in [-0.25, -0.2) is 0 Å². The Morgan fingerprint density at radius 1 is 1.25 bits per heavy atom. The molecule has 3 rings (SSSR count).